The number of aromatic nitrogens is 1. The van der Waals surface area contributed by atoms with Crippen LogP contribution in [-0.2, 0) is 16.1 Å². The Morgan fingerprint density at radius 2 is 2.09 bits per heavy atom. The Kier molecular flexibility index (Phi) is 6.27. The number of ether oxygens (including phenoxy) is 1. The van der Waals surface area contributed by atoms with Crippen LogP contribution in [0.4, 0.5) is 10.1 Å². The van der Waals surface area contributed by atoms with Gasteiger partial charge in [0.25, 0.3) is 5.91 Å². The molecule has 9 heteroatoms. The van der Waals surface area contributed by atoms with Gasteiger partial charge in [-0.1, -0.05) is 0 Å². The zero-order chi connectivity index (χ0) is 22.7. The number of aromatic amines is 1. The van der Waals surface area contributed by atoms with E-state index in [1.165, 1.54) is 19.2 Å². The molecule has 0 fully saturated rings. The molecule has 0 radical (unpaired) electrons. The van der Waals surface area contributed by atoms with Gasteiger partial charge in [-0.25, -0.2) is 4.39 Å². The summed E-state index contributed by atoms with van der Waals surface area (Å²) in [5.41, 5.74) is 10.1. The molecule has 8 nitrogen and oxygen atoms in total. The molecule has 4 rings (SSSR count). The van der Waals surface area contributed by atoms with Crippen LogP contribution >= 0.6 is 0 Å². The lowest BCUT2D eigenvalue weighted by Crippen LogP contribution is -2.47. The summed E-state index contributed by atoms with van der Waals surface area (Å²) in [6.07, 6.45) is 1.08. The summed E-state index contributed by atoms with van der Waals surface area (Å²) in [5.74, 6) is -0.399. The van der Waals surface area contributed by atoms with E-state index in [0.717, 1.165) is 33.4 Å². The lowest BCUT2D eigenvalue weighted by Gasteiger charge is -2.20. The molecule has 1 unspecified atom stereocenters. The highest BCUT2D eigenvalue weighted by Crippen LogP contribution is 2.40. The van der Waals surface area contributed by atoms with Crippen molar-refractivity contribution in [3.05, 3.63) is 47.8 Å². The standard InChI is InChI=1S/C23H26FN5O3/c1-26-23(31)19(3-2-8-25)28-21(30)12-32-14-5-6-15-20(10-14)27-11-17-16-9-13(24)4-7-18(16)29-22(15)17/h4-7,9-10,19,27,29H,2-3,8,11-12,25H2,1H3,(H,26,31)(H,28,30). The van der Waals surface area contributed by atoms with Crippen molar-refractivity contribution in [2.75, 3.05) is 25.5 Å². The van der Waals surface area contributed by atoms with E-state index in [0.29, 0.717) is 31.7 Å². The lowest BCUT2D eigenvalue weighted by atomic mass is 9.99. The molecule has 32 heavy (non-hydrogen) atoms. The molecule has 1 aliphatic rings. The molecule has 168 valence electrons. The van der Waals surface area contributed by atoms with Crippen molar-refractivity contribution in [2.45, 2.75) is 25.4 Å². The number of rotatable bonds is 8. The average Bonchev–Trinajstić information content (AvgIpc) is 3.17. The van der Waals surface area contributed by atoms with Gasteiger partial charge >= 0.3 is 0 Å². The molecule has 1 aromatic heterocycles. The molecule has 6 N–H and O–H groups in total. The maximum Gasteiger partial charge on any atom is 0.258 e. The number of nitrogens with two attached hydrogens (primary N) is 1. The third kappa shape index (κ3) is 4.38. The van der Waals surface area contributed by atoms with E-state index in [2.05, 4.69) is 20.9 Å². The number of H-pyrrole nitrogens is 1. The monoisotopic (exact) mass is 439 g/mol. The molecule has 1 atom stereocenters. The minimum absolute atomic E-state index is 0.216. The number of likely N-dealkylation sites (N-methyl/N-ethyl adjacent to an activating group) is 1. The zero-order valence-corrected chi connectivity index (χ0v) is 17.8. The quantitative estimate of drug-likeness (QED) is 0.369. The summed E-state index contributed by atoms with van der Waals surface area (Å²) in [5, 5.41) is 9.42. The number of halogens is 1. The maximum absolute atomic E-state index is 13.7. The molecule has 1 aliphatic heterocycles. The fraction of sp³-hybridized carbons (Fsp3) is 0.304. The first kappa shape index (κ1) is 21.6. The molecule has 0 saturated heterocycles. The van der Waals surface area contributed by atoms with Gasteiger partial charge in [0.15, 0.2) is 6.61 Å². The number of carbonyl (C=O) groups excluding carboxylic acids is 2. The van der Waals surface area contributed by atoms with Crippen molar-refractivity contribution < 1.29 is 18.7 Å². The van der Waals surface area contributed by atoms with Crippen LogP contribution in [0.3, 0.4) is 0 Å². The van der Waals surface area contributed by atoms with Gasteiger partial charge in [-0.15, -0.1) is 0 Å². The minimum Gasteiger partial charge on any atom is -0.484 e. The average molecular weight is 439 g/mol. The van der Waals surface area contributed by atoms with Gasteiger partial charge in [-0.2, -0.15) is 0 Å². The fourth-order valence-corrected chi connectivity index (χ4v) is 3.94. The van der Waals surface area contributed by atoms with Crippen molar-refractivity contribution in [3.63, 3.8) is 0 Å². The van der Waals surface area contributed by atoms with E-state index in [-0.39, 0.29) is 24.2 Å². The number of amides is 2. The van der Waals surface area contributed by atoms with E-state index in [9.17, 15) is 14.0 Å². The number of benzene rings is 2. The van der Waals surface area contributed by atoms with Crippen LogP contribution in [0.5, 0.6) is 5.75 Å². The number of hydrogen-bond acceptors (Lipinski definition) is 5. The van der Waals surface area contributed by atoms with Gasteiger partial charge in [-0.3, -0.25) is 9.59 Å². The largest absolute Gasteiger partial charge is 0.484 e. The van der Waals surface area contributed by atoms with E-state index in [1.54, 1.807) is 12.1 Å². The Bertz CT molecular complexity index is 1160. The molecule has 2 aromatic carbocycles. The molecular weight excluding hydrogens is 413 g/mol. The third-order valence-electron chi connectivity index (χ3n) is 5.55. The smallest absolute Gasteiger partial charge is 0.258 e. The van der Waals surface area contributed by atoms with Gasteiger partial charge in [0.1, 0.15) is 17.6 Å². The van der Waals surface area contributed by atoms with E-state index in [1.807, 2.05) is 12.1 Å². The highest BCUT2D eigenvalue weighted by Gasteiger charge is 2.22. The molecule has 3 aromatic rings. The number of hydrogen-bond donors (Lipinski definition) is 5. The van der Waals surface area contributed by atoms with Crippen LogP contribution in [-0.4, -0.2) is 43.0 Å². The van der Waals surface area contributed by atoms with Crippen molar-refractivity contribution in [1.82, 2.24) is 15.6 Å². The summed E-state index contributed by atoms with van der Waals surface area (Å²) in [4.78, 5) is 27.6. The Morgan fingerprint density at radius 3 is 2.88 bits per heavy atom. The van der Waals surface area contributed by atoms with E-state index >= 15 is 0 Å². The molecule has 0 bridgehead atoms. The van der Waals surface area contributed by atoms with Crippen molar-refractivity contribution >= 4 is 28.4 Å². The van der Waals surface area contributed by atoms with Crippen LogP contribution < -0.4 is 26.4 Å². The second-order valence-electron chi connectivity index (χ2n) is 7.68. The van der Waals surface area contributed by atoms with E-state index < -0.39 is 6.04 Å². The Balaban J connectivity index is 1.44. The van der Waals surface area contributed by atoms with Gasteiger partial charge in [0, 0.05) is 47.4 Å². The van der Waals surface area contributed by atoms with Gasteiger partial charge in [0.2, 0.25) is 5.91 Å². The van der Waals surface area contributed by atoms with Crippen LogP contribution in [0.1, 0.15) is 18.4 Å². The van der Waals surface area contributed by atoms with Crippen molar-refractivity contribution in [3.8, 4) is 17.0 Å². The minimum atomic E-state index is -0.643. The van der Waals surface area contributed by atoms with Gasteiger partial charge in [-0.05, 0) is 49.7 Å². The molecule has 2 heterocycles. The topological polar surface area (TPSA) is 121 Å². The van der Waals surface area contributed by atoms with Crippen LogP contribution in [0.2, 0.25) is 0 Å². The summed E-state index contributed by atoms with van der Waals surface area (Å²) in [6.45, 7) is 0.769. The summed E-state index contributed by atoms with van der Waals surface area (Å²) in [7, 11) is 1.52. The Hall–Kier alpha value is -3.59. The molecule has 2 amide bonds. The Morgan fingerprint density at radius 1 is 1.25 bits per heavy atom. The second-order valence-corrected chi connectivity index (χ2v) is 7.68. The predicted octanol–water partition coefficient (Wildman–Crippen LogP) is 2.25. The number of nitrogens with one attached hydrogen (secondary N) is 4. The Labute approximate surface area is 184 Å². The first-order valence-electron chi connectivity index (χ1n) is 10.5. The van der Waals surface area contributed by atoms with Crippen LogP contribution in [0.25, 0.3) is 22.2 Å². The van der Waals surface area contributed by atoms with Crippen LogP contribution in [0.15, 0.2) is 36.4 Å². The second kappa shape index (κ2) is 9.27. The summed E-state index contributed by atoms with van der Waals surface area (Å²) in [6, 6.07) is 9.56. The van der Waals surface area contributed by atoms with Crippen molar-refractivity contribution in [2.24, 2.45) is 5.73 Å². The normalized spacial score (nSPS) is 13.0. The highest BCUT2D eigenvalue weighted by atomic mass is 19.1. The number of anilines is 1. The fourth-order valence-electron chi connectivity index (χ4n) is 3.94. The van der Waals surface area contributed by atoms with Crippen LogP contribution in [0, 0.1) is 5.82 Å². The van der Waals surface area contributed by atoms with Gasteiger partial charge < -0.3 is 31.4 Å². The highest BCUT2D eigenvalue weighted by molar-refractivity contribution is 5.95. The third-order valence-corrected chi connectivity index (χ3v) is 5.55. The maximum atomic E-state index is 13.7. The van der Waals surface area contributed by atoms with Gasteiger partial charge in [0.05, 0.1) is 5.69 Å². The SMILES string of the molecule is CNC(=O)C(CCCN)NC(=O)COc1ccc2c(c1)NCc1c-2[nH]c2ccc(F)cc12. The lowest BCUT2D eigenvalue weighted by molar-refractivity contribution is -0.129. The summed E-state index contributed by atoms with van der Waals surface area (Å²) >= 11 is 0. The molecule has 0 saturated carbocycles. The summed E-state index contributed by atoms with van der Waals surface area (Å²) < 4.78 is 19.3. The first-order valence-corrected chi connectivity index (χ1v) is 10.5. The number of fused-ring (bicyclic) bond motifs is 5. The number of carbonyl (C=O) groups is 2. The molecule has 0 spiro atoms. The molecular formula is C23H26FN5O3. The van der Waals surface area contributed by atoms with E-state index in [4.69, 9.17) is 10.5 Å². The predicted molar refractivity (Wildman–Crippen MR) is 121 cm³/mol. The zero-order valence-electron chi connectivity index (χ0n) is 17.8. The first-order chi connectivity index (χ1) is 15.5. The van der Waals surface area contributed by atoms with Crippen molar-refractivity contribution in [1.29, 1.82) is 0 Å². The molecule has 0 aliphatic carbocycles.